The number of esters is 1. The number of benzene rings is 2. The minimum atomic E-state index is -0.624. The second kappa shape index (κ2) is 8.77. The van der Waals surface area contributed by atoms with Crippen LogP contribution in [0.25, 0.3) is 5.69 Å². The van der Waals surface area contributed by atoms with Gasteiger partial charge in [0.25, 0.3) is 5.82 Å². The summed E-state index contributed by atoms with van der Waals surface area (Å²) in [6.45, 7) is 2.43. The van der Waals surface area contributed by atoms with Crippen molar-refractivity contribution < 1.29 is 14.3 Å². The second-order valence-electron chi connectivity index (χ2n) is 7.09. The first-order valence-corrected chi connectivity index (χ1v) is 10.1. The number of ketones is 1. The molecule has 2 heterocycles. The Balaban J connectivity index is 1.82. The van der Waals surface area contributed by atoms with Crippen LogP contribution in [0.2, 0.25) is 5.02 Å². The van der Waals surface area contributed by atoms with E-state index in [1.54, 1.807) is 47.1 Å². The molecule has 8 heteroatoms. The molecule has 1 aliphatic rings. The molecule has 1 saturated heterocycles. The maximum absolute atomic E-state index is 13.2. The minimum absolute atomic E-state index is 0.0419. The quantitative estimate of drug-likeness (QED) is 0.445. The van der Waals surface area contributed by atoms with Crippen molar-refractivity contribution >= 4 is 23.4 Å². The van der Waals surface area contributed by atoms with Gasteiger partial charge in [-0.2, -0.15) is 0 Å². The normalized spacial score (nSPS) is 14.1. The number of aromatic nitrogens is 3. The Kier molecular flexibility index (Phi) is 5.92. The van der Waals surface area contributed by atoms with E-state index in [-0.39, 0.29) is 11.6 Å². The number of hydrogen-bond donors (Lipinski definition) is 0. The van der Waals surface area contributed by atoms with Gasteiger partial charge >= 0.3 is 5.97 Å². The molecule has 30 heavy (non-hydrogen) atoms. The van der Waals surface area contributed by atoms with Crippen LogP contribution in [0.3, 0.4) is 0 Å². The summed E-state index contributed by atoms with van der Waals surface area (Å²) >= 11 is 6.21. The van der Waals surface area contributed by atoms with Gasteiger partial charge in [-0.05, 0) is 44.1 Å². The van der Waals surface area contributed by atoms with Crippen LogP contribution in [0.5, 0.6) is 0 Å². The second-order valence-corrected chi connectivity index (χ2v) is 7.53. The molecule has 1 aliphatic heterocycles. The van der Waals surface area contributed by atoms with Gasteiger partial charge in [-0.15, -0.1) is 5.10 Å². The van der Waals surface area contributed by atoms with Crippen molar-refractivity contribution in [2.75, 3.05) is 20.2 Å². The van der Waals surface area contributed by atoms with Gasteiger partial charge in [-0.25, -0.2) is 14.5 Å². The van der Waals surface area contributed by atoms with E-state index in [1.807, 2.05) is 6.07 Å². The molecule has 0 spiro atoms. The summed E-state index contributed by atoms with van der Waals surface area (Å²) in [5.41, 5.74) is 1.44. The fourth-order valence-electron chi connectivity index (χ4n) is 3.58. The summed E-state index contributed by atoms with van der Waals surface area (Å²) in [4.78, 5) is 32.0. The van der Waals surface area contributed by atoms with Crippen molar-refractivity contribution in [2.24, 2.45) is 0 Å². The minimum Gasteiger partial charge on any atom is -0.463 e. The van der Waals surface area contributed by atoms with Gasteiger partial charge in [0.05, 0.1) is 19.3 Å². The summed E-state index contributed by atoms with van der Waals surface area (Å²) < 4.78 is 6.35. The highest BCUT2D eigenvalue weighted by molar-refractivity contribution is 6.31. The van der Waals surface area contributed by atoms with Crippen LogP contribution in [0, 0.1) is 0 Å². The lowest BCUT2D eigenvalue weighted by Gasteiger charge is -2.16. The Morgan fingerprint density at radius 3 is 2.53 bits per heavy atom. The summed E-state index contributed by atoms with van der Waals surface area (Å²) in [6, 6.07) is 14.0. The molecular formula is C22H21ClN4O3. The van der Waals surface area contributed by atoms with E-state index in [0.29, 0.717) is 34.2 Å². The number of carbonyl (C=O) groups is 2. The zero-order valence-corrected chi connectivity index (χ0v) is 17.3. The monoisotopic (exact) mass is 424 g/mol. The van der Waals surface area contributed by atoms with Gasteiger partial charge in [0.1, 0.15) is 5.82 Å². The predicted octanol–water partition coefficient (Wildman–Crippen LogP) is 3.53. The molecule has 0 radical (unpaired) electrons. The van der Waals surface area contributed by atoms with Gasteiger partial charge in [-0.1, -0.05) is 41.9 Å². The lowest BCUT2D eigenvalue weighted by Crippen LogP contribution is -2.22. The van der Waals surface area contributed by atoms with E-state index >= 15 is 0 Å². The Morgan fingerprint density at radius 1 is 1.10 bits per heavy atom. The molecule has 1 aromatic heterocycles. The third-order valence-electron chi connectivity index (χ3n) is 5.07. The molecule has 0 N–H and O–H groups in total. The van der Waals surface area contributed by atoms with Crippen LogP contribution in [-0.2, 0) is 11.3 Å². The standard InChI is InChI=1S/C22H21ClN4O3/c1-30-22(29)21-24-19(14-26-11-5-6-12-26)27(25-21)18-10-9-16(23)13-17(18)20(28)15-7-3-2-4-8-15/h2-4,7-10,13H,5-6,11-12,14H2,1H3. The number of methoxy groups -OCH3 is 1. The average Bonchev–Trinajstić information content (AvgIpc) is 3.44. The van der Waals surface area contributed by atoms with Gasteiger partial charge in [0.15, 0.2) is 5.78 Å². The smallest absolute Gasteiger partial charge is 0.377 e. The van der Waals surface area contributed by atoms with E-state index in [1.165, 1.54) is 7.11 Å². The number of hydrogen-bond acceptors (Lipinski definition) is 6. The van der Waals surface area contributed by atoms with Crippen LogP contribution in [0.4, 0.5) is 0 Å². The van der Waals surface area contributed by atoms with Gasteiger partial charge in [0, 0.05) is 16.1 Å². The van der Waals surface area contributed by atoms with Crippen LogP contribution in [0.1, 0.15) is 45.2 Å². The summed E-state index contributed by atoms with van der Waals surface area (Å²) in [7, 11) is 1.29. The van der Waals surface area contributed by atoms with Crippen molar-refractivity contribution in [3.8, 4) is 5.69 Å². The van der Waals surface area contributed by atoms with Gasteiger partial charge in [-0.3, -0.25) is 9.69 Å². The Hall–Kier alpha value is -3.03. The molecule has 1 fully saturated rings. The summed E-state index contributed by atoms with van der Waals surface area (Å²) in [5.74, 6) is -0.279. The topological polar surface area (TPSA) is 77.3 Å². The first-order valence-electron chi connectivity index (χ1n) is 9.73. The number of carbonyl (C=O) groups excluding carboxylic acids is 2. The molecule has 3 aromatic rings. The van der Waals surface area contributed by atoms with E-state index in [2.05, 4.69) is 15.0 Å². The van der Waals surface area contributed by atoms with E-state index in [9.17, 15) is 9.59 Å². The third-order valence-corrected chi connectivity index (χ3v) is 5.31. The fraction of sp³-hybridized carbons (Fsp3) is 0.273. The zero-order chi connectivity index (χ0) is 21.1. The van der Waals surface area contributed by atoms with E-state index in [0.717, 1.165) is 25.9 Å². The molecule has 0 saturated carbocycles. The first kappa shape index (κ1) is 20.3. The molecular weight excluding hydrogens is 404 g/mol. The molecule has 0 atom stereocenters. The maximum atomic E-state index is 13.2. The Bertz CT molecular complexity index is 1080. The summed E-state index contributed by atoms with van der Waals surface area (Å²) in [6.07, 6.45) is 2.24. The molecule has 7 nitrogen and oxygen atoms in total. The highest BCUT2D eigenvalue weighted by Crippen LogP contribution is 2.24. The average molecular weight is 425 g/mol. The Morgan fingerprint density at radius 2 is 1.83 bits per heavy atom. The van der Waals surface area contributed by atoms with Crippen LogP contribution < -0.4 is 0 Å². The van der Waals surface area contributed by atoms with E-state index < -0.39 is 5.97 Å². The highest BCUT2D eigenvalue weighted by atomic mass is 35.5. The van der Waals surface area contributed by atoms with Crippen molar-refractivity contribution in [3.05, 3.63) is 76.3 Å². The zero-order valence-electron chi connectivity index (χ0n) is 16.5. The molecule has 0 amide bonds. The van der Waals surface area contributed by atoms with E-state index in [4.69, 9.17) is 16.3 Å². The number of rotatable bonds is 6. The highest BCUT2D eigenvalue weighted by Gasteiger charge is 2.24. The maximum Gasteiger partial charge on any atom is 0.377 e. The number of ether oxygens (including phenoxy) is 1. The summed E-state index contributed by atoms with van der Waals surface area (Å²) in [5, 5.41) is 4.81. The predicted molar refractivity (Wildman–Crippen MR) is 112 cm³/mol. The lowest BCUT2D eigenvalue weighted by molar-refractivity contribution is 0.0586. The molecule has 0 unspecified atom stereocenters. The SMILES string of the molecule is COC(=O)c1nc(CN2CCCC2)n(-c2ccc(Cl)cc2C(=O)c2ccccc2)n1. The molecule has 0 bridgehead atoms. The molecule has 0 aliphatic carbocycles. The van der Waals surface area contributed by atoms with Crippen LogP contribution in [0.15, 0.2) is 48.5 Å². The van der Waals surface area contributed by atoms with Crippen LogP contribution >= 0.6 is 11.6 Å². The number of likely N-dealkylation sites (tertiary alicyclic amines) is 1. The first-order chi connectivity index (χ1) is 14.6. The lowest BCUT2D eigenvalue weighted by atomic mass is 10.0. The van der Waals surface area contributed by atoms with Crippen molar-refractivity contribution in [3.63, 3.8) is 0 Å². The molecule has 2 aromatic carbocycles. The third kappa shape index (κ3) is 4.13. The Labute approximate surface area is 179 Å². The molecule has 4 rings (SSSR count). The van der Waals surface area contributed by atoms with Gasteiger partial charge < -0.3 is 4.74 Å². The van der Waals surface area contributed by atoms with Crippen molar-refractivity contribution in [1.82, 2.24) is 19.7 Å². The fourth-order valence-corrected chi connectivity index (χ4v) is 3.75. The number of nitrogens with zero attached hydrogens (tertiary/aromatic N) is 4. The van der Waals surface area contributed by atoms with Crippen molar-refractivity contribution in [2.45, 2.75) is 19.4 Å². The molecule has 154 valence electrons. The number of halogens is 1. The largest absolute Gasteiger partial charge is 0.463 e. The van der Waals surface area contributed by atoms with Gasteiger partial charge in [0.2, 0.25) is 0 Å². The van der Waals surface area contributed by atoms with Crippen molar-refractivity contribution in [1.29, 1.82) is 0 Å². The van der Waals surface area contributed by atoms with Crippen LogP contribution in [-0.4, -0.2) is 51.6 Å².